The number of aryl methyl sites for hydroxylation is 1. The van der Waals surface area contributed by atoms with Gasteiger partial charge in [-0.15, -0.1) is 0 Å². The second-order valence-corrected chi connectivity index (χ2v) is 6.88. The average Bonchev–Trinajstić information content (AvgIpc) is 3.19. The van der Waals surface area contributed by atoms with Crippen LogP contribution >= 0.6 is 0 Å². The summed E-state index contributed by atoms with van der Waals surface area (Å²) in [6, 6.07) is 17.7. The van der Waals surface area contributed by atoms with Gasteiger partial charge >= 0.3 is 0 Å². The Hall–Kier alpha value is -2.72. The van der Waals surface area contributed by atoms with Crippen LogP contribution in [0.3, 0.4) is 0 Å². The Morgan fingerprint density at radius 2 is 1.81 bits per heavy atom. The third kappa shape index (κ3) is 3.20. The van der Waals surface area contributed by atoms with Crippen molar-refractivity contribution < 1.29 is 4.79 Å². The van der Waals surface area contributed by atoms with Gasteiger partial charge in [0.1, 0.15) is 6.04 Å². The van der Waals surface area contributed by atoms with Crippen molar-refractivity contribution in [3.8, 4) is 0 Å². The molecule has 4 heteroatoms. The number of rotatable bonds is 4. The lowest BCUT2D eigenvalue weighted by molar-refractivity contribution is -0.121. The number of fused-ring (bicyclic) bond motifs is 1. The lowest BCUT2D eigenvalue weighted by atomic mass is 10.0. The molecule has 1 N–H and O–H groups in total. The van der Waals surface area contributed by atoms with Crippen molar-refractivity contribution in [2.75, 3.05) is 18.4 Å². The first-order chi connectivity index (χ1) is 12.7. The second kappa shape index (κ2) is 7.26. The Bertz CT molecular complexity index is 917. The summed E-state index contributed by atoms with van der Waals surface area (Å²) in [6.07, 6.45) is 4.08. The van der Waals surface area contributed by atoms with Gasteiger partial charge in [-0.1, -0.05) is 36.4 Å². The molecule has 1 saturated heterocycles. The summed E-state index contributed by atoms with van der Waals surface area (Å²) in [5.74, 6) is 0.0205. The summed E-state index contributed by atoms with van der Waals surface area (Å²) < 4.78 is 0. The molecule has 26 heavy (non-hydrogen) atoms. The number of nitrogens with one attached hydrogen (secondary N) is 1. The van der Waals surface area contributed by atoms with Crippen LogP contribution < -0.4 is 5.32 Å². The number of anilines is 1. The van der Waals surface area contributed by atoms with E-state index in [-0.39, 0.29) is 11.9 Å². The van der Waals surface area contributed by atoms with E-state index in [2.05, 4.69) is 15.2 Å². The Morgan fingerprint density at radius 1 is 1.04 bits per heavy atom. The molecule has 4 rings (SSSR count). The summed E-state index contributed by atoms with van der Waals surface area (Å²) in [5, 5.41) is 4.15. The molecule has 1 amide bonds. The van der Waals surface area contributed by atoms with Crippen LogP contribution in [0.4, 0.5) is 5.69 Å². The topological polar surface area (TPSA) is 45.2 Å². The van der Waals surface area contributed by atoms with Gasteiger partial charge in [0.15, 0.2) is 0 Å². The van der Waals surface area contributed by atoms with Crippen LogP contribution in [0.15, 0.2) is 60.8 Å². The van der Waals surface area contributed by atoms with E-state index in [0.29, 0.717) is 0 Å². The van der Waals surface area contributed by atoms with Crippen LogP contribution in [0.25, 0.3) is 10.9 Å². The molecule has 0 spiro atoms. The summed E-state index contributed by atoms with van der Waals surface area (Å²) in [7, 11) is 0. The van der Waals surface area contributed by atoms with E-state index in [1.165, 1.54) is 0 Å². The zero-order valence-electron chi connectivity index (χ0n) is 15.0. The molecule has 1 aromatic heterocycles. The fourth-order valence-corrected chi connectivity index (χ4v) is 3.79. The van der Waals surface area contributed by atoms with Gasteiger partial charge in [0.25, 0.3) is 0 Å². The van der Waals surface area contributed by atoms with Crippen molar-refractivity contribution in [1.82, 2.24) is 9.88 Å². The summed E-state index contributed by atoms with van der Waals surface area (Å²) in [4.78, 5) is 20.0. The number of hydrogen-bond acceptors (Lipinski definition) is 3. The number of likely N-dealkylation sites (tertiary alicyclic amines) is 1. The van der Waals surface area contributed by atoms with Crippen LogP contribution in [0.2, 0.25) is 0 Å². The van der Waals surface area contributed by atoms with E-state index in [1.54, 1.807) is 6.20 Å². The minimum Gasteiger partial charge on any atom is -0.324 e. The number of aromatic nitrogens is 1. The number of benzene rings is 2. The first-order valence-electron chi connectivity index (χ1n) is 9.18. The van der Waals surface area contributed by atoms with E-state index >= 15 is 0 Å². The molecule has 0 saturated carbocycles. The van der Waals surface area contributed by atoms with E-state index in [4.69, 9.17) is 0 Å². The number of hydrogen-bond donors (Lipinski definition) is 1. The number of carbonyl (C=O) groups excluding carboxylic acids is 1. The number of amides is 1. The van der Waals surface area contributed by atoms with E-state index in [9.17, 15) is 4.79 Å². The third-order valence-corrected chi connectivity index (χ3v) is 5.10. The molecule has 1 unspecified atom stereocenters. The SMILES string of the molecule is Cc1ccc(NC(=O)C(c2ccccc2)N2CCCC2)c2cccnc12. The van der Waals surface area contributed by atoms with Crippen molar-refractivity contribution >= 4 is 22.5 Å². The molecule has 0 radical (unpaired) electrons. The molecule has 2 heterocycles. The molecule has 1 aliphatic heterocycles. The maximum absolute atomic E-state index is 13.3. The van der Waals surface area contributed by atoms with Crippen molar-refractivity contribution in [1.29, 1.82) is 0 Å². The van der Waals surface area contributed by atoms with E-state index in [1.807, 2.05) is 61.5 Å². The molecular formula is C22H23N3O. The van der Waals surface area contributed by atoms with Crippen LogP contribution in [-0.2, 0) is 4.79 Å². The maximum Gasteiger partial charge on any atom is 0.246 e. The summed E-state index contributed by atoms with van der Waals surface area (Å²) in [5.41, 5.74) is 3.91. The minimum absolute atomic E-state index is 0.0205. The number of pyridine rings is 1. The van der Waals surface area contributed by atoms with Gasteiger partial charge in [-0.2, -0.15) is 0 Å². The van der Waals surface area contributed by atoms with Crippen molar-refractivity contribution in [3.05, 3.63) is 71.9 Å². The Morgan fingerprint density at radius 3 is 2.58 bits per heavy atom. The summed E-state index contributed by atoms with van der Waals surface area (Å²) in [6.45, 7) is 3.96. The molecule has 132 valence electrons. The van der Waals surface area contributed by atoms with Gasteiger partial charge in [0.05, 0.1) is 11.2 Å². The predicted octanol–water partition coefficient (Wildman–Crippen LogP) is 4.32. The first kappa shape index (κ1) is 16.7. The highest BCUT2D eigenvalue weighted by Crippen LogP contribution is 2.29. The fraction of sp³-hybridized carbons (Fsp3) is 0.273. The van der Waals surface area contributed by atoms with Crippen LogP contribution in [0.1, 0.15) is 30.0 Å². The van der Waals surface area contributed by atoms with Gasteiger partial charge in [-0.3, -0.25) is 14.7 Å². The maximum atomic E-state index is 13.3. The average molecular weight is 345 g/mol. The van der Waals surface area contributed by atoms with Crippen LogP contribution in [0.5, 0.6) is 0 Å². The van der Waals surface area contributed by atoms with Gasteiger partial charge < -0.3 is 5.32 Å². The number of carbonyl (C=O) groups is 1. The highest BCUT2D eigenvalue weighted by molar-refractivity contribution is 6.03. The lowest BCUT2D eigenvalue weighted by Crippen LogP contribution is -2.35. The highest BCUT2D eigenvalue weighted by Gasteiger charge is 2.29. The zero-order chi connectivity index (χ0) is 17.9. The largest absolute Gasteiger partial charge is 0.324 e. The molecule has 2 aromatic carbocycles. The highest BCUT2D eigenvalue weighted by atomic mass is 16.2. The predicted molar refractivity (Wildman–Crippen MR) is 105 cm³/mol. The molecule has 3 aromatic rings. The molecule has 0 aliphatic carbocycles. The van der Waals surface area contributed by atoms with E-state index in [0.717, 1.165) is 53.6 Å². The molecule has 1 atom stereocenters. The lowest BCUT2D eigenvalue weighted by Gasteiger charge is -2.27. The normalized spacial score (nSPS) is 15.9. The second-order valence-electron chi connectivity index (χ2n) is 6.88. The Kier molecular flexibility index (Phi) is 4.67. The molecule has 1 fully saturated rings. The van der Waals surface area contributed by atoms with Crippen molar-refractivity contribution in [2.24, 2.45) is 0 Å². The van der Waals surface area contributed by atoms with Gasteiger partial charge in [-0.25, -0.2) is 0 Å². The molecule has 1 aliphatic rings. The summed E-state index contributed by atoms with van der Waals surface area (Å²) >= 11 is 0. The Labute approximate surface area is 153 Å². The van der Waals surface area contributed by atoms with E-state index < -0.39 is 0 Å². The quantitative estimate of drug-likeness (QED) is 0.766. The number of nitrogens with zero attached hydrogens (tertiary/aromatic N) is 2. The van der Waals surface area contributed by atoms with Crippen molar-refractivity contribution in [3.63, 3.8) is 0 Å². The third-order valence-electron chi connectivity index (χ3n) is 5.10. The zero-order valence-corrected chi connectivity index (χ0v) is 15.0. The Balaban J connectivity index is 1.68. The van der Waals surface area contributed by atoms with Gasteiger partial charge in [0.2, 0.25) is 5.91 Å². The molecular weight excluding hydrogens is 322 g/mol. The van der Waals surface area contributed by atoms with Crippen LogP contribution in [0, 0.1) is 6.92 Å². The first-order valence-corrected chi connectivity index (χ1v) is 9.18. The minimum atomic E-state index is -0.258. The monoisotopic (exact) mass is 345 g/mol. The fourth-order valence-electron chi connectivity index (χ4n) is 3.79. The van der Waals surface area contributed by atoms with Gasteiger partial charge in [0, 0.05) is 11.6 Å². The van der Waals surface area contributed by atoms with Crippen LogP contribution in [-0.4, -0.2) is 28.9 Å². The van der Waals surface area contributed by atoms with Crippen molar-refractivity contribution in [2.45, 2.75) is 25.8 Å². The molecule has 4 nitrogen and oxygen atoms in total. The molecule has 0 bridgehead atoms. The standard InChI is InChI=1S/C22H23N3O/c1-16-11-12-19(18-10-7-13-23-20(16)18)24-22(26)21(25-14-5-6-15-25)17-8-3-2-4-9-17/h2-4,7-13,21H,5-6,14-15H2,1H3,(H,24,26). The van der Waals surface area contributed by atoms with Gasteiger partial charge in [-0.05, 0) is 62.2 Å². The smallest absolute Gasteiger partial charge is 0.246 e.